The Morgan fingerprint density at radius 1 is 1.71 bits per heavy atom. The van der Waals surface area contributed by atoms with Gasteiger partial charge in [0.1, 0.15) is 6.07 Å². The van der Waals surface area contributed by atoms with E-state index in [1.165, 1.54) is 12.2 Å². The number of nitrogens with zero attached hydrogens (tertiary/aromatic N) is 2. The summed E-state index contributed by atoms with van der Waals surface area (Å²) in [6.45, 7) is 0. The molecule has 0 saturated carbocycles. The minimum Gasteiger partial charge on any atom is -0.481 e. The first-order chi connectivity index (χ1) is 6.74. The second kappa shape index (κ2) is 4.77. The average Bonchev–Trinajstić information content (AvgIpc) is 2.18. The van der Waals surface area contributed by atoms with Crippen molar-refractivity contribution in [1.82, 2.24) is 4.98 Å². The maximum atomic E-state index is 10.2. The second-order valence-electron chi connectivity index (χ2n) is 2.55. The number of pyridine rings is 1. The van der Waals surface area contributed by atoms with Crippen LogP contribution in [0.4, 0.5) is 0 Å². The highest BCUT2D eigenvalue weighted by Gasteiger charge is 1.97. The van der Waals surface area contributed by atoms with Crippen LogP contribution in [0.1, 0.15) is 17.7 Å². The van der Waals surface area contributed by atoms with Gasteiger partial charge in [-0.3, -0.25) is 9.78 Å². The van der Waals surface area contributed by atoms with Gasteiger partial charge in [-0.05, 0) is 18.2 Å². The first-order valence-electron chi connectivity index (χ1n) is 3.97. The maximum absolute atomic E-state index is 10.2. The Labute approximate surface area is 81.1 Å². The van der Waals surface area contributed by atoms with Crippen molar-refractivity contribution >= 4 is 12.0 Å². The van der Waals surface area contributed by atoms with Crippen molar-refractivity contribution in [1.29, 1.82) is 5.26 Å². The Bertz CT molecular complexity index is 405. The number of aliphatic carboxylic acids is 1. The van der Waals surface area contributed by atoms with Crippen LogP contribution in [-0.4, -0.2) is 16.1 Å². The third-order valence-electron chi connectivity index (χ3n) is 1.53. The lowest BCUT2D eigenvalue weighted by atomic mass is 10.2. The van der Waals surface area contributed by atoms with Crippen molar-refractivity contribution in [3.63, 3.8) is 0 Å². The fraction of sp³-hybridized carbons (Fsp3) is 0.100. The van der Waals surface area contributed by atoms with Gasteiger partial charge in [-0.2, -0.15) is 5.26 Å². The van der Waals surface area contributed by atoms with Gasteiger partial charge in [0.2, 0.25) is 0 Å². The van der Waals surface area contributed by atoms with Crippen LogP contribution in [0, 0.1) is 11.3 Å². The van der Waals surface area contributed by atoms with Crippen molar-refractivity contribution in [2.45, 2.75) is 6.42 Å². The van der Waals surface area contributed by atoms with E-state index in [2.05, 4.69) is 4.98 Å². The van der Waals surface area contributed by atoms with E-state index in [1.807, 2.05) is 6.07 Å². The summed E-state index contributed by atoms with van der Waals surface area (Å²) in [4.78, 5) is 14.2. The van der Waals surface area contributed by atoms with E-state index >= 15 is 0 Å². The zero-order valence-corrected chi connectivity index (χ0v) is 7.34. The molecule has 1 N–H and O–H groups in total. The van der Waals surface area contributed by atoms with Gasteiger partial charge in [0.15, 0.2) is 0 Å². The molecule has 1 rings (SSSR count). The first-order valence-corrected chi connectivity index (χ1v) is 3.97. The molecule has 4 nitrogen and oxygen atoms in total. The van der Waals surface area contributed by atoms with Gasteiger partial charge in [0, 0.05) is 6.20 Å². The van der Waals surface area contributed by atoms with Gasteiger partial charge in [-0.1, -0.05) is 6.08 Å². The van der Waals surface area contributed by atoms with Crippen LogP contribution in [0.25, 0.3) is 6.08 Å². The highest BCUT2D eigenvalue weighted by atomic mass is 16.4. The molecule has 0 fully saturated rings. The Balaban J connectivity index is 2.81. The third-order valence-corrected chi connectivity index (χ3v) is 1.53. The van der Waals surface area contributed by atoms with Crippen LogP contribution in [-0.2, 0) is 4.79 Å². The van der Waals surface area contributed by atoms with Crippen LogP contribution in [0.5, 0.6) is 0 Å². The summed E-state index contributed by atoms with van der Waals surface area (Å²) in [7, 11) is 0. The molecule has 0 bridgehead atoms. The van der Waals surface area contributed by atoms with Crippen LogP contribution < -0.4 is 0 Å². The van der Waals surface area contributed by atoms with Crippen molar-refractivity contribution in [3.05, 3.63) is 35.7 Å². The number of hydrogen-bond acceptors (Lipinski definition) is 3. The van der Waals surface area contributed by atoms with Crippen LogP contribution >= 0.6 is 0 Å². The summed E-state index contributed by atoms with van der Waals surface area (Å²) in [6, 6.07) is 5.26. The molecule has 0 aromatic carbocycles. The number of rotatable bonds is 3. The highest BCUT2D eigenvalue weighted by Crippen LogP contribution is 2.05. The van der Waals surface area contributed by atoms with Crippen LogP contribution in [0.3, 0.4) is 0 Å². The molecule has 1 aromatic rings. The van der Waals surface area contributed by atoms with E-state index in [4.69, 9.17) is 10.4 Å². The van der Waals surface area contributed by atoms with Gasteiger partial charge in [-0.15, -0.1) is 0 Å². The van der Waals surface area contributed by atoms with Crippen molar-refractivity contribution < 1.29 is 9.90 Å². The number of carboxylic acids is 1. The summed E-state index contributed by atoms with van der Waals surface area (Å²) in [6.07, 6.45) is 4.49. The van der Waals surface area contributed by atoms with Gasteiger partial charge in [0.05, 0.1) is 17.7 Å². The average molecular weight is 188 g/mol. The number of hydrogen-bond donors (Lipinski definition) is 1. The lowest BCUT2D eigenvalue weighted by Gasteiger charge is -1.93. The van der Waals surface area contributed by atoms with Gasteiger partial charge >= 0.3 is 5.97 Å². The van der Waals surface area contributed by atoms with Gasteiger partial charge in [0.25, 0.3) is 0 Å². The molecule has 0 amide bonds. The molecule has 4 heteroatoms. The van der Waals surface area contributed by atoms with E-state index < -0.39 is 5.97 Å². The van der Waals surface area contributed by atoms with Crippen molar-refractivity contribution in [2.75, 3.05) is 0 Å². The number of aromatic nitrogens is 1. The predicted molar refractivity (Wildman–Crippen MR) is 50.2 cm³/mol. The molecular formula is C10H8N2O2. The summed E-state index contributed by atoms with van der Waals surface area (Å²) < 4.78 is 0. The number of carboxylic acid groups (broad SMARTS) is 1. The summed E-state index contributed by atoms with van der Waals surface area (Å²) in [5, 5.41) is 17.1. The smallest absolute Gasteiger partial charge is 0.307 e. The molecular weight excluding hydrogens is 180 g/mol. The van der Waals surface area contributed by atoms with Gasteiger partial charge < -0.3 is 5.11 Å². The number of nitriles is 1. The zero-order valence-electron chi connectivity index (χ0n) is 7.34. The van der Waals surface area contributed by atoms with Crippen LogP contribution in [0.2, 0.25) is 0 Å². The Morgan fingerprint density at radius 2 is 2.50 bits per heavy atom. The highest BCUT2D eigenvalue weighted by molar-refractivity contribution is 5.70. The molecule has 0 aliphatic heterocycles. The minimum atomic E-state index is -0.907. The Kier molecular flexibility index (Phi) is 3.39. The van der Waals surface area contributed by atoms with E-state index in [-0.39, 0.29) is 6.42 Å². The monoisotopic (exact) mass is 188 g/mol. The van der Waals surface area contributed by atoms with Crippen LogP contribution in [0.15, 0.2) is 24.4 Å². The van der Waals surface area contributed by atoms with Crippen molar-refractivity contribution in [3.8, 4) is 6.07 Å². The molecule has 0 spiro atoms. The first kappa shape index (κ1) is 9.93. The normalized spacial score (nSPS) is 9.93. The molecule has 1 heterocycles. The molecule has 0 atom stereocenters. The Morgan fingerprint density at radius 3 is 3.14 bits per heavy atom. The fourth-order valence-electron chi connectivity index (χ4n) is 0.916. The molecule has 0 aliphatic carbocycles. The van der Waals surface area contributed by atoms with E-state index in [0.717, 1.165) is 0 Å². The largest absolute Gasteiger partial charge is 0.481 e. The topological polar surface area (TPSA) is 74.0 Å². The molecule has 0 radical (unpaired) electrons. The second-order valence-corrected chi connectivity index (χ2v) is 2.55. The Hall–Kier alpha value is -2.15. The van der Waals surface area contributed by atoms with E-state index in [9.17, 15) is 4.79 Å². The number of carbonyl (C=O) groups is 1. The van der Waals surface area contributed by atoms with Crippen molar-refractivity contribution in [2.24, 2.45) is 0 Å². The minimum absolute atomic E-state index is 0.0680. The molecule has 0 unspecified atom stereocenters. The van der Waals surface area contributed by atoms with Gasteiger partial charge in [-0.25, -0.2) is 0 Å². The summed E-state index contributed by atoms with van der Waals surface area (Å²) in [5.74, 6) is -0.907. The zero-order chi connectivity index (χ0) is 10.4. The third kappa shape index (κ3) is 2.72. The summed E-state index contributed by atoms with van der Waals surface area (Å²) in [5.41, 5.74) is 0.936. The SMILES string of the molecule is N#Cc1cccnc1C=CCC(=O)O. The predicted octanol–water partition coefficient (Wildman–Crippen LogP) is 1.44. The quantitative estimate of drug-likeness (QED) is 0.778. The lowest BCUT2D eigenvalue weighted by Crippen LogP contribution is -1.91. The van der Waals surface area contributed by atoms with E-state index in [0.29, 0.717) is 11.3 Å². The molecule has 14 heavy (non-hydrogen) atoms. The molecule has 1 aromatic heterocycles. The lowest BCUT2D eigenvalue weighted by molar-refractivity contribution is -0.135. The fourth-order valence-corrected chi connectivity index (χ4v) is 0.916. The molecule has 0 aliphatic rings. The standard InChI is InChI=1S/C10H8N2O2/c11-7-8-3-2-6-12-9(8)4-1-5-10(13)14/h1-4,6H,5H2,(H,13,14). The maximum Gasteiger partial charge on any atom is 0.307 e. The summed E-state index contributed by atoms with van der Waals surface area (Å²) >= 11 is 0. The van der Waals surface area contributed by atoms with E-state index in [1.54, 1.807) is 18.3 Å². The molecule has 0 saturated heterocycles. The molecule has 70 valence electrons.